The average molecular weight is 383 g/mol. The number of aliphatic imine (C=N–C) groups is 1. The highest BCUT2D eigenvalue weighted by Gasteiger charge is 2.14. The van der Waals surface area contributed by atoms with E-state index < -0.39 is 0 Å². The van der Waals surface area contributed by atoms with Crippen LogP contribution in [0.3, 0.4) is 0 Å². The first-order valence-electron chi connectivity index (χ1n) is 9.73. The molecule has 1 aliphatic rings. The highest BCUT2D eigenvalue weighted by Crippen LogP contribution is 2.27. The number of guanidine groups is 1. The summed E-state index contributed by atoms with van der Waals surface area (Å²) in [5.74, 6) is 1.88. The maximum atomic E-state index is 6.00. The third-order valence-corrected chi connectivity index (χ3v) is 5.05. The minimum atomic E-state index is 0.471. The first-order chi connectivity index (χ1) is 13.7. The van der Waals surface area contributed by atoms with Crippen LogP contribution >= 0.6 is 0 Å². The van der Waals surface area contributed by atoms with Crippen LogP contribution < -0.4 is 20.5 Å². The Morgan fingerprint density at radius 1 is 1.11 bits per heavy atom. The van der Waals surface area contributed by atoms with E-state index in [2.05, 4.69) is 39.5 Å². The largest absolute Gasteiger partial charge is 0.493 e. The van der Waals surface area contributed by atoms with Crippen LogP contribution in [0.1, 0.15) is 23.1 Å². The molecule has 0 aliphatic carbocycles. The summed E-state index contributed by atoms with van der Waals surface area (Å²) in [5.41, 5.74) is 9.97. The zero-order valence-electron chi connectivity index (χ0n) is 16.8. The number of ether oxygens (including phenoxy) is 2. The van der Waals surface area contributed by atoms with Gasteiger partial charge in [0, 0.05) is 26.2 Å². The van der Waals surface area contributed by atoms with E-state index in [9.17, 15) is 0 Å². The summed E-state index contributed by atoms with van der Waals surface area (Å²) in [6, 6.07) is 14.5. The number of hydrogen-bond donors (Lipinski definition) is 2. The predicted octanol–water partition coefficient (Wildman–Crippen LogP) is 2.56. The lowest BCUT2D eigenvalue weighted by Gasteiger charge is -2.28. The van der Waals surface area contributed by atoms with Crippen molar-refractivity contribution >= 4 is 5.96 Å². The van der Waals surface area contributed by atoms with Crippen LogP contribution in [0.5, 0.6) is 11.5 Å². The third kappa shape index (κ3) is 5.39. The Labute approximate surface area is 167 Å². The smallest absolute Gasteiger partial charge is 0.188 e. The van der Waals surface area contributed by atoms with E-state index in [-0.39, 0.29) is 0 Å². The molecule has 0 aromatic heterocycles. The summed E-state index contributed by atoms with van der Waals surface area (Å²) in [4.78, 5) is 6.91. The minimum absolute atomic E-state index is 0.471. The fourth-order valence-corrected chi connectivity index (χ4v) is 3.48. The van der Waals surface area contributed by atoms with E-state index in [0.717, 1.165) is 44.6 Å². The minimum Gasteiger partial charge on any atom is -0.493 e. The Kier molecular flexibility index (Phi) is 7.14. The third-order valence-electron chi connectivity index (χ3n) is 5.05. The number of nitrogens with one attached hydrogen (secondary N) is 1. The molecule has 0 saturated heterocycles. The van der Waals surface area contributed by atoms with Crippen molar-refractivity contribution in [2.24, 2.45) is 10.7 Å². The van der Waals surface area contributed by atoms with Crippen molar-refractivity contribution in [2.45, 2.75) is 25.9 Å². The zero-order chi connectivity index (χ0) is 19.8. The molecule has 150 valence electrons. The van der Waals surface area contributed by atoms with Crippen LogP contribution in [-0.2, 0) is 19.5 Å². The number of fused-ring (bicyclic) bond motifs is 1. The highest BCUT2D eigenvalue weighted by atomic mass is 16.5. The Bertz CT molecular complexity index is 807. The Morgan fingerprint density at radius 3 is 2.68 bits per heavy atom. The molecule has 0 fully saturated rings. The molecule has 6 heteroatoms. The molecule has 3 N–H and O–H groups in total. The van der Waals surface area contributed by atoms with E-state index in [1.165, 1.54) is 11.1 Å². The molecule has 6 nitrogen and oxygen atoms in total. The number of hydrogen-bond acceptors (Lipinski definition) is 4. The molecule has 0 bridgehead atoms. The van der Waals surface area contributed by atoms with Gasteiger partial charge in [-0.3, -0.25) is 4.90 Å². The van der Waals surface area contributed by atoms with E-state index in [0.29, 0.717) is 24.0 Å². The number of nitrogens with zero attached hydrogens (tertiary/aromatic N) is 2. The molecule has 3 rings (SSSR count). The normalized spacial score (nSPS) is 14.4. The van der Waals surface area contributed by atoms with Crippen LogP contribution in [0.15, 0.2) is 47.5 Å². The maximum Gasteiger partial charge on any atom is 0.188 e. The van der Waals surface area contributed by atoms with E-state index in [1.807, 2.05) is 18.2 Å². The summed E-state index contributed by atoms with van der Waals surface area (Å²) in [6.07, 6.45) is 2.17. The first-order valence-corrected chi connectivity index (χ1v) is 9.73. The lowest BCUT2D eigenvalue weighted by Crippen LogP contribution is -2.36. The SMILES string of the molecule is COc1ccc(CN=C(N)NCCCN2CCc3ccccc3C2)cc1OC. The molecule has 1 aliphatic heterocycles. The topological polar surface area (TPSA) is 72.1 Å². The molecule has 1 heterocycles. The summed E-state index contributed by atoms with van der Waals surface area (Å²) in [7, 11) is 3.25. The van der Waals surface area contributed by atoms with Gasteiger partial charge in [0.1, 0.15) is 0 Å². The van der Waals surface area contributed by atoms with E-state index >= 15 is 0 Å². The van der Waals surface area contributed by atoms with Crippen LogP contribution in [-0.4, -0.2) is 44.7 Å². The summed E-state index contributed by atoms with van der Waals surface area (Å²) >= 11 is 0. The zero-order valence-corrected chi connectivity index (χ0v) is 16.8. The second kappa shape index (κ2) is 9.99. The standard InChI is InChI=1S/C22H30N4O2/c1-27-20-9-8-17(14-21(20)28-2)15-25-22(23)24-11-5-12-26-13-10-18-6-3-4-7-19(18)16-26/h3-4,6-9,14H,5,10-13,15-16H2,1-2H3,(H3,23,24,25). The molecule has 0 saturated carbocycles. The van der Waals surface area contributed by atoms with Gasteiger partial charge in [-0.1, -0.05) is 30.3 Å². The number of nitrogens with two attached hydrogens (primary N) is 1. The van der Waals surface area contributed by atoms with Crippen molar-refractivity contribution in [3.05, 3.63) is 59.2 Å². The second-order valence-corrected chi connectivity index (χ2v) is 6.97. The fourth-order valence-electron chi connectivity index (χ4n) is 3.48. The predicted molar refractivity (Wildman–Crippen MR) is 113 cm³/mol. The van der Waals surface area contributed by atoms with Crippen LogP contribution in [0, 0.1) is 0 Å². The molecule has 0 amide bonds. The number of methoxy groups -OCH3 is 2. The molecule has 0 unspecified atom stereocenters. The van der Waals surface area contributed by atoms with Crippen molar-refractivity contribution in [2.75, 3.05) is 33.9 Å². The van der Waals surface area contributed by atoms with Gasteiger partial charge < -0.3 is 20.5 Å². The van der Waals surface area contributed by atoms with Gasteiger partial charge in [-0.05, 0) is 41.7 Å². The van der Waals surface area contributed by atoms with Crippen molar-refractivity contribution in [3.8, 4) is 11.5 Å². The van der Waals surface area contributed by atoms with Crippen LogP contribution in [0.25, 0.3) is 0 Å². The molecule has 2 aromatic rings. The molecule has 0 spiro atoms. The summed E-state index contributed by atoms with van der Waals surface area (Å²) < 4.78 is 10.6. The van der Waals surface area contributed by atoms with Crippen molar-refractivity contribution in [1.82, 2.24) is 10.2 Å². The van der Waals surface area contributed by atoms with Gasteiger partial charge in [-0.2, -0.15) is 0 Å². The summed E-state index contributed by atoms with van der Waals surface area (Å²) in [6.45, 7) is 4.55. The van der Waals surface area contributed by atoms with Crippen LogP contribution in [0.4, 0.5) is 0 Å². The first kappa shape index (κ1) is 20.0. The second-order valence-electron chi connectivity index (χ2n) is 6.97. The van der Waals surface area contributed by atoms with Gasteiger partial charge in [0.05, 0.1) is 20.8 Å². The quantitative estimate of drug-likeness (QED) is 0.417. The molecule has 2 aromatic carbocycles. The lowest BCUT2D eigenvalue weighted by molar-refractivity contribution is 0.251. The van der Waals surface area contributed by atoms with Gasteiger partial charge in [0.2, 0.25) is 0 Å². The fraction of sp³-hybridized carbons (Fsp3) is 0.409. The van der Waals surface area contributed by atoms with Gasteiger partial charge in [-0.15, -0.1) is 0 Å². The Balaban J connectivity index is 1.39. The van der Waals surface area contributed by atoms with Gasteiger partial charge >= 0.3 is 0 Å². The Morgan fingerprint density at radius 2 is 1.89 bits per heavy atom. The summed E-state index contributed by atoms with van der Waals surface area (Å²) in [5, 5.41) is 3.21. The van der Waals surface area contributed by atoms with Gasteiger partial charge in [-0.25, -0.2) is 4.99 Å². The molecule has 28 heavy (non-hydrogen) atoms. The van der Waals surface area contributed by atoms with Gasteiger partial charge in [0.15, 0.2) is 17.5 Å². The van der Waals surface area contributed by atoms with Crippen molar-refractivity contribution in [1.29, 1.82) is 0 Å². The van der Waals surface area contributed by atoms with E-state index in [1.54, 1.807) is 14.2 Å². The van der Waals surface area contributed by atoms with Crippen molar-refractivity contribution in [3.63, 3.8) is 0 Å². The maximum absolute atomic E-state index is 6.00. The molecule has 0 radical (unpaired) electrons. The highest BCUT2D eigenvalue weighted by molar-refractivity contribution is 5.77. The van der Waals surface area contributed by atoms with Crippen LogP contribution in [0.2, 0.25) is 0 Å². The van der Waals surface area contributed by atoms with Crippen molar-refractivity contribution < 1.29 is 9.47 Å². The monoisotopic (exact) mass is 382 g/mol. The van der Waals surface area contributed by atoms with Gasteiger partial charge in [0.25, 0.3) is 0 Å². The Hall–Kier alpha value is -2.73. The number of benzene rings is 2. The number of rotatable bonds is 8. The molecular weight excluding hydrogens is 352 g/mol. The van der Waals surface area contributed by atoms with E-state index in [4.69, 9.17) is 15.2 Å². The average Bonchev–Trinajstić information content (AvgIpc) is 2.74. The molecular formula is C22H30N4O2. The molecule has 0 atom stereocenters. The lowest BCUT2D eigenvalue weighted by atomic mass is 10.00.